The summed E-state index contributed by atoms with van der Waals surface area (Å²) in [5, 5.41) is 7.83. The van der Waals surface area contributed by atoms with E-state index < -0.39 is 0 Å². The number of rotatable bonds is 6. The molecule has 2 heterocycles. The van der Waals surface area contributed by atoms with Crippen molar-refractivity contribution in [2.45, 2.75) is 25.3 Å². The molecule has 230 valence electrons. The topological polar surface area (TPSA) is 52.0 Å². The van der Waals surface area contributed by atoms with Crippen molar-refractivity contribution in [1.29, 1.82) is 0 Å². The molecule has 1 aliphatic heterocycles. The molecule has 2 aliphatic rings. The van der Waals surface area contributed by atoms with Crippen LogP contribution in [0.1, 0.15) is 46.8 Å². The van der Waals surface area contributed by atoms with Crippen molar-refractivity contribution in [2.75, 3.05) is 38.0 Å². The Kier molecular flexibility index (Phi) is 7.87. The second-order valence-corrected chi connectivity index (χ2v) is 12.7. The fourth-order valence-corrected chi connectivity index (χ4v) is 6.77. The number of carbonyl (C=O) groups is 1. The lowest BCUT2D eigenvalue weighted by molar-refractivity contribution is 0.0683. The summed E-state index contributed by atoms with van der Waals surface area (Å²) in [6.07, 6.45) is 5.23. The molecule has 0 radical (unpaired) electrons. The number of benzene rings is 4. The van der Waals surface area contributed by atoms with Crippen LogP contribution in [0.2, 0.25) is 0 Å². The molecule has 2 atom stereocenters. The number of hydrogen-bond acceptors (Lipinski definition) is 5. The van der Waals surface area contributed by atoms with Crippen LogP contribution in [0.25, 0.3) is 28.2 Å². The SMILES string of the molecule is CN(C)c1ccc(/C=C2\CCC[C@@H]3C2=NN(C(=O)c2cc(-c4ccccc4)nc4ccccc24)[C@@H]3c2ccc(N(C)C)cc2)cc1. The molecule has 1 saturated carbocycles. The molecular weight excluding hydrogens is 566 g/mol. The van der Waals surface area contributed by atoms with Crippen LogP contribution in [0.3, 0.4) is 0 Å². The minimum Gasteiger partial charge on any atom is -0.378 e. The Morgan fingerprint density at radius 3 is 2.15 bits per heavy atom. The van der Waals surface area contributed by atoms with E-state index in [9.17, 15) is 4.79 Å². The summed E-state index contributed by atoms with van der Waals surface area (Å²) in [4.78, 5) is 24.0. The lowest BCUT2D eigenvalue weighted by atomic mass is 9.77. The Hall–Kier alpha value is -5.23. The molecule has 0 bridgehead atoms. The third-order valence-corrected chi connectivity index (χ3v) is 9.23. The van der Waals surface area contributed by atoms with Crippen LogP contribution in [0, 0.1) is 5.92 Å². The number of anilines is 2. The zero-order valence-electron chi connectivity index (χ0n) is 26.9. The summed E-state index contributed by atoms with van der Waals surface area (Å²) in [7, 11) is 8.20. The maximum Gasteiger partial charge on any atom is 0.275 e. The first-order valence-corrected chi connectivity index (χ1v) is 16.0. The molecule has 1 amide bonds. The Labute approximate surface area is 271 Å². The van der Waals surface area contributed by atoms with Crippen molar-refractivity contribution in [3.05, 3.63) is 131 Å². The zero-order chi connectivity index (χ0) is 31.8. The van der Waals surface area contributed by atoms with Crippen molar-refractivity contribution in [3.8, 4) is 11.3 Å². The standard InChI is InChI=1S/C40H39N5O/c1-43(2)31-21-17-27(18-22-31)25-30-13-10-15-34-38(30)42-45(39(34)29-19-23-32(24-20-29)44(3)4)40(46)35-26-37(28-11-6-5-7-12-28)41-36-16-9-8-14-33(35)36/h5-9,11-12,14,16-26,34,39H,10,13,15H2,1-4H3/b30-25+/t34-,39-/m1/s1. The Morgan fingerprint density at radius 1 is 0.804 bits per heavy atom. The van der Waals surface area contributed by atoms with Gasteiger partial charge in [-0.1, -0.05) is 72.8 Å². The van der Waals surface area contributed by atoms with E-state index in [-0.39, 0.29) is 17.9 Å². The Morgan fingerprint density at radius 2 is 1.46 bits per heavy atom. The second kappa shape index (κ2) is 12.3. The normalized spacial score (nSPS) is 18.4. The first-order valence-electron chi connectivity index (χ1n) is 16.0. The summed E-state index contributed by atoms with van der Waals surface area (Å²) in [6, 6.07) is 36.9. The number of hydrogen-bond donors (Lipinski definition) is 0. The van der Waals surface area contributed by atoms with Crippen LogP contribution in [0.5, 0.6) is 0 Å². The molecular formula is C40H39N5O. The van der Waals surface area contributed by atoms with Gasteiger partial charge in [-0.15, -0.1) is 0 Å². The summed E-state index contributed by atoms with van der Waals surface area (Å²) in [6.45, 7) is 0. The molecule has 4 aromatic carbocycles. The number of aromatic nitrogens is 1. The Balaban J connectivity index is 1.35. The number of allylic oxidation sites excluding steroid dienone is 1. The van der Waals surface area contributed by atoms with E-state index in [0.29, 0.717) is 5.56 Å². The zero-order valence-corrected chi connectivity index (χ0v) is 26.9. The number of para-hydroxylation sites is 1. The third-order valence-electron chi connectivity index (χ3n) is 9.23. The molecule has 0 N–H and O–H groups in total. The molecule has 46 heavy (non-hydrogen) atoms. The van der Waals surface area contributed by atoms with E-state index in [1.807, 2.05) is 74.8 Å². The van der Waals surface area contributed by atoms with Gasteiger partial charge < -0.3 is 9.80 Å². The van der Waals surface area contributed by atoms with Gasteiger partial charge in [0.2, 0.25) is 0 Å². The molecule has 1 aromatic heterocycles. The lowest BCUT2D eigenvalue weighted by Gasteiger charge is -2.30. The first kappa shape index (κ1) is 29.5. The van der Waals surface area contributed by atoms with Crippen molar-refractivity contribution < 1.29 is 4.79 Å². The second-order valence-electron chi connectivity index (χ2n) is 12.7. The van der Waals surface area contributed by atoms with Crippen LogP contribution in [-0.2, 0) is 0 Å². The molecule has 1 aliphatic carbocycles. The third kappa shape index (κ3) is 5.56. The average Bonchev–Trinajstić information content (AvgIpc) is 3.49. The van der Waals surface area contributed by atoms with Gasteiger partial charge in [-0.05, 0) is 78.4 Å². The van der Waals surface area contributed by atoms with Gasteiger partial charge in [-0.2, -0.15) is 5.10 Å². The van der Waals surface area contributed by atoms with E-state index >= 15 is 0 Å². The summed E-state index contributed by atoms with van der Waals surface area (Å²) in [5.74, 6) is 0.00551. The maximum absolute atomic E-state index is 14.9. The highest BCUT2D eigenvalue weighted by Crippen LogP contribution is 2.45. The summed E-state index contributed by atoms with van der Waals surface area (Å²) < 4.78 is 0. The molecule has 0 saturated heterocycles. The smallest absolute Gasteiger partial charge is 0.275 e. The summed E-state index contributed by atoms with van der Waals surface area (Å²) >= 11 is 0. The van der Waals surface area contributed by atoms with Crippen molar-refractivity contribution in [1.82, 2.24) is 9.99 Å². The van der Waals surface area contributed by atoms with Gasteiger partial charge in [-0.3, -0.25) is 4.79 Å². The summed E-state index contributed by atoms with van der Waals surface area (Å²) in [5.41, 5.74) is 9.94. The molecule has 5 aromatic rings. The number of carbonyl (C=O) groups excluding carboxylic acids is 1. The van der Waals surface area contributed by atoms with Crippen LogP contribution >= 0.6 is 0 Å². The van der Waals surface area contributed by atoms with E-state index in [4.69, 9.17) is 10.1 Å². The first-order chi connectivity index (χ1) is 22.4. The number of hydrazone groups is 1. The van der Waals surface area contributed by atoms with Gasteiger partial charge in [0.15, 0.2) is 0 Å². The molecule has 1 fully saturated rings. The van der Waals surface area contributed by atoms with E-state index in [1.165, 1.54) is 11.3 Å². The molecule has 6 heteroatoms. The number of fused-ring (bicyclic) bond motifs is 2. The van der Waals surface area contributed by atoms with E-state index in [1.54, 1.807) is 5.01 Å². The lowest BCUT2D eigenvalue weighted by Crippen LogP contribution is -2.32. The van der Waals surface area contributed by atoms with Crippen LogP contribution in [0.15, 0.2) is 120 Å². The van der Waals surface area contributed by atoms with E-state index in [0.717, 1.165) is 63.9 Å². The van der Waals surface area contributed by atoms with Gasteiger partial charge in [0.1, 0.15) is 0 Å². The van der Waals surface area contributed by atoms with Gasteiger partial charge in [0.05, 0.1) is 28.5 Å². The van der Waals surface area contributed by atoms with Gasteiger partial charge in [0.25, 0.3) is 5.91 Å². The fourth-order valence-electron chi connectivity index (χ4n) is 6.77. The highest BCUT2D eigenvalue weighted by Gasteiger charge is 2.44. The quantitative estimate of drug-likeness (QED) is 0.195. The number of nitrogens with zero attached hydrogens (tertiary/aromatic N) is 5. The molecule has 0 unspecified atom stereocenters. The average molecular weight is 606 g/mol. The largest absolute Gasteiger partial charge is 0.378 e. The maximum atomic E-state index is 14.9. The van der Waals surface area contributed by atoms with Crippen LogP contribution in [0.4, 0.5) is 11.4 Å². The number of pyridine rings is 1. The highest BCUT2D eigenvalue weighted by atomic mass is 16.2. The molecule has 7 rings (SSSR count). The van der Waals surface area contributed by atoms with Crippen molar-refractivity contribution >= 4 is 40.0 Å². The van der Waals surface area contributed by atoms with Crippen molar-refractivity contribution in [3.63, 3.8) is 0 Å². The highest BCUT2D eigenvalue weighted by molar-refractivity contribution is 6.12. The van der Waals surface area contributed by atoms with Crippen LogP contribution < -0.4 is 9.80 Å². The monoisotopic (exact) mass is 605 g/mol. The fraction of sp³-hybridized carbons (Fsp3) is 0.225. The minimum absolute atomic E-state index is 0.103. The van der Waals surface area contributed by atoms with Gasteiger partial charge >= 0.3 is 0 Å². The molecule has 6 nitrogen and oxygen atoms in total. The van der Waals surface area contributed by atoms with Crippen molar-refractivity contribution in [2.24, 2.45) is 11.0 Å². The van der Waals surface area contributed by atoms with E-state index in [2.05, 4.69) is 78.5 Å². The predicted octanol–water partition coefficient (Wildman–Crippen LogP) is 8.47. The molecule has 0 spiro atoms. The number of amides is 1. The van der Waals surface area contributed by atoms with Gasteiger partial charge in [-0.25, -0.2) is 9.99 Å². The van der Waals surface area contributed by atoms with Gasteiger partial charge in [0, 0.05) is 56.4 Å². The predicted molar refractivity (Wildman–Crippen MR) is 190 cm³/mol. The van der Waals surface area contributed by atoms with Crippen LogP contribution in [-0.4, -0.2) is 49.8 Å². The Bertz CT molecular complexity index is 1940. The minimum atomic E-state index is -0.203.